The standard InChI is InChI=1S/C20H18N2O3/c1-22(18-8-4-7-17(12-18)19(21)23)20(24)25-13-14-9-10-15-5-2-3-6-16(15)11-14/h2-12H,13H2,1H3,(H2,21,23). The van der Waals surface area contributed by atoms with Gasteiger partial charge in [0, 0.05) is 18.3 Å². The second kappa shape index (κ2) is 7.05. The summed E-state index contributed by atoms with van der Waals surface area (Å²) in [5.74, 6) is -0.542. The van der Waals surface area contributed by atoms with Gasteiger partial charge in [-0.25, -0.2) is 4.79 Å². The third-order valence-corrected chi connectivity index (χ3v) is 3.97. The molecule has 3 aromatic carbocycles. The van der Waals surface area contributed by atoms with Crippen molar-refractivity contribution in [2.45, 2.75) is 6.61 Å². The molecule has 25 heavy (non-hydrogen) atoms. The van der Waals surface area contributed by atoms with E-state index in [-0.39, 0.29) is 6.61 Å². The smallest absolute Gasteiger partial charge is 0.414 e. The quantitative estimate of drug-likeness (QED) is 0.790. The van der Waals surface area contributed by atoms with Gasteiger partial charge in [-0.15, -0.1) is 0 Å². The maximum absolute atomic E-state index is 12.2. The topological polar surface area (TPSA) is 72.6 Å². The Morgan fingerprint density at radius 2 is 1.72 bits per heavy atom. The second-order valence-corrected chi connectivity index (χ2v) is 5.71. The summed E-state index contributed by atoms with van der Waals surface area (Å²) in [5, 5.41) is 2.23. The highest BCUT2D eigenvalue weighted by atomic mass is 16.6. The van der Waals surface area contributed by atoms with Gasteiger partial charge in [0.05, 0.1) is 0 Å². The molecule has 5 heteroatoms. The molecule has 0 fully saturated rings. The van der Waals surface area contributed by atoms with Crippen LogP contribution in [0, 0.1) is 0 Å². The summed E-state index contributed by atoms with van der Waals surface area (Å²) in [4.78, 5) is 24.8. The van der Waals surface area contributed by atoms with Crippen LogP contribution >= 0.6 is 0 Å². The molecule has 126 valence electrons. The van der Waals surface area contributed by atoms with Gasteiger partial charge in [0.15, 0.2) is 0 Å². The SMILES string of the molecule is CN(C(=O)OCc1ccc2ccccc2c1)c1cccc(C(N)=O)c1. The zero-order valence-electron chi connectivity index (χ0n) is 13.8. The predicted molar refractivity (Wildman–Crippen MR) is 97.5 cm³/mol. The molecule has 2 N–H and O–H groups in total. The average Bonchev–Trinajstić information content (AvgIpc) is 2.65. The monoisotopic (exact) mass is 334 g/mol. The van der Waals surface area contributed by atoms with Gasteiger partial charge in [-0.05, 0) is 40.6 Å². The molecule has 0 spiro atoms. The predicted octanol–water partition coefficient (Wildman–Crippen LogP) is 3.71. The number of hydrogen-bond acceptors (Lipinski definition) is 3. The first-order chi connectivity index (χ1) is 12.0. The van der Waals surface area contributed by atoms with Crippen molar-refractivity contribution in [2.75, 3.05) is 11.9 Å². The number of hydrogen-bond donors (Lipinski definition) is 1. The maximum atomic E-state index is 12.2. The fourth-order valence-corrected chi connectivity index (χ4v) is 2.54. The van der Waals surface area contributed by atoms with E-state index in [1.807, 2.05) is 42.5 Å². The Morgan fingerprint density at radius 1 is 0.960 bits per heavy atom. The third kappa shape index (κ3) is 3.77. The first-order valence-corrected chi connectivity index (χ1v) is 7.82. The van der Waals surface area contributed by atoms with Crippen LogP contribution in [0.25, 0.3) is 10.8 Å². The molecular weight excluding hydrogens is 316 g/mol. The van der Waals surface area contributed by atoms with Crippen LogP contribution in [0.2, 0.25) is 0 Å². The van der Waals surface area contributed by atoms with Crippen LogP contribution < -0.4 is 10.6 Å². The molecule has 5 nitrogen and oxygen atoms in total. The van der Waals surface area contributed by atoms with E-state index in [4.69, 9.17) is 10.5 Å². The van der Waals surface area contributed by atoms with Gasteiger partial charge in [0.1, 0.15) is 6.61 Å². The summed E-state index contributed by atoms with van der Waals surface area (Å²) in [5.41, 5.74) is 7.06. The summed E-state index contributed by atoms with van der Waals surface area (Å²) in [6.45, 7) is 0.170. The van der Waals surface area contributed by atoms with Crippen molar-refractivity contribution in [2.24, 2.45) is 5.73 Å². The number of carbonyl (C=O) groups excluding carboxylic acids is 2. The molecule has 0 aliphatic rings. The number of rotatable bonds is 4. The fraction of sp³-hybridized carbons (Fsp3) is 0.100. The molecule has 0 heterocycles. The van der Waals surface area contributed by atoms with Crippen LogP contribution in [0.3, 0.4) is 0 Å². The number of nitrogens with two attached hydrogens (primary N) is 1. The van der Waals surface area contributed by atoms with Gasteiger partial charge >= 0.3 is 6.09 Å². The van der Waals surface area contributed by atoms with Crippen molar-refractivity contribution in [3.8, 4) is 0 Å². The highest BCUT2D eigenvalue weighted by Gasteiger charge is 2.14. The number of carbonyl (C=O) groups is 2. The number of nitrogens with zero attached hydrogens (tertiary/aromatic N) is 1. The van der Waals surface area contributed by atoms with Crippen LogP contribution in [-0.4, -0.2) is 19.0 Å². The molecule has 0 unspecified atom stereocenters. The number of primary amides is 1. The summed E-state index contributed by atoms with van der Waals surface area (Å²) in [6, 6.07) is 20.5. The molecular formula is C20H18N2O3. The molecule has 0 saturated heterocycles. The van der Waals surface area contributed by atoms with Crippen LogP contribution in [0.4, 0.5) is 10.5 Å². The van der Waals surface area contributed by atoms with Gasteiger partial charge < -0.3 is 10.5 Å². The molecule has 2 amide bonds. The van der Waals surface area contributed by atoms with Crippen LogP contribution in [0.1, 0.15) is 15.9 Å². The number of amides is 2. The van der Waals surface area contributed by atoms with Crippen molar-refractivity contribution in [1.29, 1.82) is 0 Å². The average molecular weight is 334 g/mol. The van der Waals surface area contributed by atoms with Crippen LogP contribution in [0.15, 0.2) is 66.7 Å². The van der Waals surface area contributed by atoms with Gasteiger partial charge in [0.2, 0.25) is 5.91 Å². The largest absolute Gasteiger partial charge is 0.444 e. The molecule has 0 radical (unpaired) electrons. The Bertz CT molecular complexity index is 937. The van der Waals surface area contributed by atoms with Crippen molar-refractivity contribution < 1.29 is 14.3 Å². The number of anilines is 1. The molecule has 3 rings (SSSR count). The summed E-state index contributed by atoms with van der Waals surface area (Å²) in [6.07, 6.45) is -0.505. The molecule has 0 aliphatic carbocycles. The van der Waals surface area contributed by atoms with E-state index >= 15 is 0 Å². The Labute approximate surface area is 145 Å². The van der Waals surface area contributed by atoms with Crippen molar-refractivity contribution in [3.63, 3.8) is 0 Å². The molecule has 0 atom stereocenters. The first-order valence-electron chi connectivity index (χ1n) is 7.82. The Balaban J connectivity index is 1.68. The lowest BCUT2D eigenvalue weighted by atomic mass is 10.1. The van der Waals surface area contributed by atoms with E-state index in [9.17, 15) is 9.59 Å². The summed E-state index contributed by atoms with van der Waals surface area (Å²) < 4.78 is 5.36. The van der Waals surface area contributed by atoms with E-state index in [0.717, 1.165) is 16.3 Å². The highest BCUT2D eigenvalue weighted by molar-refractivity contribution is 5.95. The van der Waals surface area contributed by atoms with Crippen LogP contribution in [0.5, 0.6) is 0 Å². The molecule has 0 aliphatic heterocycles. The normalized spacial score (nSPS) is 10.4. The van der Waals surface area contributed by atoms with E-state index in [2.05, 4.69) is 0 Å². The van der Waals surface area contributed by atoms with Gasteiger partial charge in [-0.2, -0.15) is 0 Å². The lowest BCUT2D eigenvalue weighted by Crippen LogP contribution is -2.27. The fourth-order valence-electron chi connectivity index (χ4n) is 2.54. The zero-order chi connectivity index (χ0) is 17.8. The van der Waals surface area contributed by atoms with Gasteiger partial charge in [0.25, 0.3) is 0 Å². The Kier molecular flexibility index (Phi) is 4.66. The Morgan fingerprint density at radius 3 is 2.48 bits per heavy atom. The lowest BCUT2D eigenvalue weighted by molar-refractivity contribution is 0.1000. The van der Waals surface area contributed by atoms with Crippen LogP contribution in [-0.2, 0) is 11.3 Å². The molecule has 0 aromatic heterocycles. The minimum Gasteiger partial charge on any atom is -0.444 e. The van der Waals surface area contributed by atoms with E-state index < -0.39 is 12.0 Å². The molecule has 0 saturated carbocycles. The molecule has 3 aromatic rings. The highest BCUT2D eigenvalue weighted by Crippen LogP contribution is 2.18. The number of ether oxygens (including phenoxy) is 1. The maximum Gasteiger partial charge on any atom is 0.414 e. The summed E-state index contributed by atoms with van der Waals surface area (Å²) >= 11 is 0. The third-order valence-electron chi connectivity index (χ3n) is 3.97. The van der Waals surface area contributed by atoms with Gasteiger partial charge in [-0.1, -0.05) is 42.5 Å². The minimum absolute atomic E-state index is 0.170. The van der Waals surface area contributed by atoms with Crippen molar-refractivity contribution in [3.05, 3.63) is 77.9 Å². The number of benzene rings is 3. The Hall–Kier alpha value is -3.34. The minimum atomic E-state index is -0.542. The molecule has 0 bridgehead atoms. The van der Waals surface area contributed by atoms with E-state index in [1.54, 1.807) is 31.3 Å². The van der Waals surface area contributed by atoms with Crippen molar-refractivity contribution >= 4 is 28.5 Å². The van der Waals surface area contributed by atoms with Crippen molar-refractivity contribution in [1.82, 2.24) is 0 Å². The number of fused-ring (bicyclic) bond motifs is 1. The van der Waals surface area contributed by atoms with E-state index in [0.29, 0.717) is 11.3 Å². The first kappa shape index (κ1) is 16.5. The summed E-state index contributed by atoms with van der Waals surface area (Å²) in [7, 11) is 1.59. The van der Waals surface area contributed by atoms with Gasteiger partial charge in [-0.3, -0.25) is 9.69 Å². The lowest BCUT2D eigenvalue weighted by Gasteiger charge is -2.17. The second-order valence-electron chi connectivity index (χ2n) is 5.71. The van der Waals surface area contributed by atoms with E-state index in [1.165, 1.54) is 4.90 Å². The zero-order valence-corrected chi connectivity index (χ0v) is 13.8.